The fraction of sp³-hybridized carbons (Fsp3) is 0.800. The quantitative estimate of drug-likeness (QED) is 0.0265. The summed E-state index contributed by atoms with van der Waals surface area (Å²) in [6, 6.07) is 0. The second kappa shape index (κ2) is 46.5. The molecular weight excluding hydrogens is 774 g/mol. The SMILES string of the molecule is CCCCCCC/C=C\C/C=C\C/C=C\CCCCCCCCCCCCC(=O)OC(COC(=O)CCCCCCC/C=C\CCCCCCC)COP(=O)(O)OCCN. The molecule has 10 heteroatoms. The molecule has 0 aliphatic rings. The number of nitrogens with two attached hydrogens (primary N) is 1. The van der Waals surface area contributed by atoms with Crippen molar-refractivity contribution in [3.8, 4) is 0 Å². The molecule has 0 spiro atoms. The van der Waals surface area contributed by atoms with Crippen LogP contribution in [0.25, 0.3) is 0 Å². The van der Waals surface area contributed by atoms with Crippen molar-refractivity contribution >= 4 is 19.8 Å². The lowest BCUT2D eigenvalue weighted by molar-refractivity contribution is -0.161. The Kier molecular flexibility index (Phi) is 44.9. The fourth-order valence-corrected chi connectivity index (χ4v) is 7.52. The molecule has 0 heterocycles. The van der Waals surface area contributed by atoms with E-state index in [1.807, 2.05) is 0 Å². The molecule has 0 aromatic heterocycles. The molecule has 3 N–H and O–H groups in total. The molecule has 0 aliphatic heterocycles. The van der Waals surface area contributed by atoms with E-state index in [0.29, 0.717) is 6.42 Å². The zero-order chi connectivity index (χ0) is 43.9. The third kappa shape index (κ3) is 45.5. The number of unbranched alkanes of at least 4 members (excludes halogenated alkanes) is 25. The Morgan fingerprint density at radius 2 is 0.867 bits per heavy atom. The number of rotatable bonds is 46. The fourth-order valence-electron chi connectivity index (χ4n) is 6.75. The molecular formula is C50H92NO8P. The first-order valence-corrected chi connectivity index (χ1v) is 26.1. The van der Waals surface area contributed by atoms with Crippen LogP contribution in [0.4, 0.5) is 0 Å². The summed E-state index contributed by atoms with van der Waals surface area (Å²) in [4.78, 5) is 35.0. The van der Waals surface area contributed by atoms with Gasteiger partial charge < -0.3 is 20.1 Å². The third-order valence-electron chi connectivity index (χ3n) is 10.4. The third-order valence-corrected chi connectivity index (χ3v) is 11.4. The van der Waals surface area contributed by atoms with E-state index < -0.39 is 32.5 Å². The van der Waals surface area contributed by atoms with Crippen molar-refractivity contribution in [2.45, 2.75) is 232 Å². The number of allylic oxidation sites excluding steroid dienone is 8. The monoisotopic (exact) mass is 866 g/mol. The molecule has 0 rings (SSSR count). The standard InChI is InChI=1S/C50H92NO8P/c1-3-5-7-9-11-13-15-17-19-20-21-22-23-24-25-26-27-28-29-31-33-35-37-39-41-43-50(53)59-48(47-58-60(54,55)57-45-44-51)46-56-49(52)42-40-38-36-34-32-30-18-16-14-12-10-8-6-4-2/h15-18,20-21,23-24,48H,3-14,19,22,25-47,51H2,1-2H3,(H,54,55)/b17-15-,18-16-,21-20-,24-23-. The van der Waals surface area contributed by atoms with Crippen molar-refractivity contribution in [2.75, 3.05) is 26.4 Å². The van der Waals surface area contributed by atoms with Gasteiger partial charge in [-0.1, -0.05) is 184 Å². The van der Waals surface area contributed by atoms with Crippen molar-refractivity contribution in [2.24, 2.45) is 5.73 Å². The predicted molar refractivity (Wildman–Crippen MR) is 252 cm³/mol. The summed E-state index contributed by atoms with van der Waals surface area (Å²) in [6.45, 7) is 3.71. The van der Waals surface area contributed by atoms with Crippen molar-refractivity contribution in [3.63, 3.8) is 0 Å². The molecule has 9 nitrogen and oxygen atoms in total. The average molecular weight is 866 g/mol. The van der Waals surface area contributed by atoms with Crippen LogP contribution in [0, 0.1) is 0 Å². The Labute approximate surface area is 368 Å². The smallest absolute Gasteiger partial charge is 0.462 e. The number of carbonyl (C=O) groups is 2. The molecule has 2 unspecified atom stereocenters. The highest BCUT2D eigenvalue weighted by Crippen LogP contribution is 2.43. The molecule has 0 aromatic carbocycles. The molecule has 0 bridgehead atoms. The van der Waals surface area contributed by atoms with Crippen LogP contribution in [0.3, 0.4) is 0 Å². The summed E-state index contributed by atoms with van der Waals surface area (Å²) in [5.41, 5.74) is 5.36. The van der Waals surface area contributed by atoms with E-state index in [1.165, 1.54) is 116 Å². The van der Waals surface area contributed by atoms with Crippen molar-refractivity contribution < 1.29 is 37.6 Å². The number of phosphoric acid groups is 1. The zero-order valence-corrected chi connectivity index (χ0v) is 39.6. The van der Waals surface area contributed by atoms with Crippen molar-refractivity contribution in [1.82, 2.24) is 0 Å². The second-order valence-corrected chi connectivity index (χ2v) is 17.8. The lowest BCUT2D eigenvalue weighted by Gasteiger charge is -2.19. The molecule has 350 valence electrons. The van der Waals surface area contributed by atoms with Crippen LogP contribution in [0.2, 0.25) is 0 Å². The summed E-state index contributed by atoms with van der Waals surface area (Å²) in [5, 5.41) is 0. The summed E-state index contributed by atoms with van der Waals surface area (Å²) < 4.78 is 32.9. The van der Waals surface area contributed by atoms with E-state index in [-0.39, 0.29) is 32.6 Å². The molecule has 0 saturated heterocycles. The Bertz CT molecular complexity index is 1120. The first kappa shape index (κ1) is 58.0. The van der Waals surface area contributed by atoms with Crippen LogP contribution in [0.5, 0.6) is 0 Å². The number of carbonyl (C=O) groups excluding carboxylic acids is 2. The minimum Gasteiger partial charge on any atom is -0.462 e. The number of esters is 2. The maximum atomic E-state index is 12.6. The van der Waals surface area contributed by atoms with Crippen LogP contribution < -0.4 is 5.73 Å². The number of phosphoric ester groups is 1. The van der Waals surface area contributed by atoms with Crippen LogP contribution in [0.1, 0.15) is 226 Å². The van der Waals surface area contributed by atoms with Crippen molar-refractivity contribution in [3.05, 3.63) is 48.6 Å². The van der Waals surface area contributed by atoms with Gasteiger partial charge in [-0.3, -0.25) is 18.6 Å². The number of hydrogen-bond acceptors (Lipinski definition) is 8. The van der Waals surface area contributed by atoms with E-state index in [9.17, 15) is 19.0 Å². The average Bonchev–Trinajstić information content (AvgIpc) is 3.24. The number of hydrogen-bond donors (Lipinski definition) is 2. The van der Waals surface area contributed by atoms with Gasteiger partial charge in [0.25, 0.3) is 0 Å². The minimum atomic E-state index is -4.38. The van der Waals surface area contributed by atoms with Gasteiger partial charge in [0.05, 0.1) is 13.2 Å². The minimum absolute atomic E-state index is 0.0507. The molecule has 0 saturated carbocycles. The van der Waals surface area contributed by atoms with Gasteiger partial charge in [-0.2, -0.15) is 0 Å². The highest BCUT2D eigenvalue weighted by Gasteiger charge is 2.26. The zero-order valence-electron chi connectivity index (χ0n) is 38.7. The van der Waals surface area contributed by atoms with E-state index in [2.05, 4.69) is 62.5 Å². The van der Waals surface area contributed by atoms with Gasteiger partial charge in [0, 0.05) is 19.4 Å². The normalized spacial score (nSPS) is 13.6. The van der Waals surface area contributed by atoms with Gasteiger partial charge in [-0.15, -0.1) is 0 Å². The number of ether oxygens (including phenoxy) is 2. The van der Waals surface area contributed by atoms with Gasteiger partial charge in [-0.25, -0.2) is 4.57 Å². The predicted octanol–water partition coefficient (Wildman–Crippen LogP) is 14.7. The maximum absolute atomic E-state index is 12.6. The summed E-state index contributed by atoms with van der Waals surface area (Å²) >= 11 is 0. The van der Waals surface area contributed by atoms with E-state index >= 15 is 0 Å². The first-order chi connectivity index (χ1) is 29.3. The highest BCUT2D eigenvalue weighted by atomic mass is 31.2. The topological polar surface area (TPSA) is 134 Å². The van der Waals surface area contributed by atoms with Crippen molar-refractivity contribution in [1.29, 1.82) is 0 Å². The largest absolute Gasteiger partial charge is 0.472 e. The van der Waals surface area contributed by atoms with Crippen LogP contribution in [-0.2, 0) is 32.7 Å². The lowest BCUT2D eigenvalue weighted by atomic mass is 10.0. The summed E-state index contributed by atoms with van der Waals surface area (Å²) in [5.74, 6) is -0.840. The molecule has 0 fully saturated rings. The van der Waals surface area contributed by atoms with Crippen LogP contribution >= 0.6 is 7.82 Å². The molecule has 2 atom stereocenters. The van der Waals surface area contributed by atoms with Gasteiger partial charge >= 0.3 is 19.8 Å². The molecule has 60 heavy (non-hydrogen) atoms. The van der Waals surface area contributed by atoms with E-state index in [4.69, 9.17) is 24.3 Å². The van der Waals surface area contributed by atoms with Crippen LogP contribution in [0.15, 0.2) is 48.6 Å². The van der Waals surface area contributed by atoms with Crippen LogP contribution in [-0.4, -0.2) is 49.3 Å². The van der Waals surface area contributed by atoms with E-state index in [1.54, 1.807) is 0 Å². The van der Waals surface area contributed by atoms with Gasteiger partial charge in [-0.05, 0) is 77.0 Å². The lowest BCUT2D eigenvalue weighted by Crippen LogP contribution is -2.29. The Hall–Kier alpha value is -2.03. The summed E-state index contributed by atoms with van der Waals surface area (Å²) in [6.07, 6.45) is 54.3. The second-order valence-electron chi connectivity index (χ2n) is 16.3. The summed E-state index contributed by atoms with van der Waals surface area (Å²) in [7, 11) is -4.38. The molecule has 0 amide bonds. The highest BCUT2D eigenvalue weighted by molar-refractivity contribution is 7.47. The Balaban J connectivity index is 4.06. The van der Waals surface area contributed by atoms with Gasteiger partial charge in [0.1, 0.15) is 6.61 Å². The van der Waals surface area contributed by atoms with Gasteiger partial charge in [0.15, 0.2) is 6.10 Å². The molecule has 0 radical (unpaired) electrons. The Morgan fingerprint density at radius 1 is 0.500 bits per heavy atom. The first-order valence-electron chi connectivity index (χ1n) is 24.6. The maximum Gasteiger partial charge on any atom is 0.472 e. The van der Waals surface area contributed by atoms with E-state index in [0.717, 1.165) is 77.0 Å². The molecule has 0 aromatic rings. The van der Waals surface area contributed by atoms with Gasteiger partial charge in [0.2, 0.25) is 0 Å². The Morgan fingerprint density at radius 3 is 1.30 bits per heavy atom. The molecule has 0 aliphatic carbocycles.